The summed E-state index contributed by atoms with van der Waals surface area (Å²) in [6.07, 6.45) is 8.62. The molecule has 7 heteroatoms. The third-order valence-electron chi connectivity index (χ3n) is 4.89. The van der Waals surface area contributed by atoms with Crippen molar-refractivity contribution in [1.29, 1.82) is 0 Å². The first kappa shape index (κ1) is 21.4. The topological polar surface area (TPSA) is 81.1 Å². The van der Waals surface area contributed by atoms with E-state index in [2.05, 4.69) is 34.1 Å². The van der Waals surface area contributed by atoms with Gasteiger partial charge in [-0.1, -0.05) is 42.0 Å². The Morgan fingerprint density at radius 3 is 2.19 bits per heavy atom. The van der Waals surface area contributed by atoms with Crippen molar-refractivity contribution >= 4 is 23.5 Å². The van der Waals surface area contributed by atoms with E-state index in [0.29, 0.717) is 0 Å². The van der Waals surface area contributed by atoms with Crippen LogP contribution in [0.4, 0.5) is 0 Å². The minimum atomic E-state index is -1.82. The number of nitrogens with zero attached hydrogens (tertiary/aromatic N) is 2. The molecule has 0 bridgehead atoms. The molecule has 6 nitrogen and oxygen atoms in total. The molecular weight excluding hydrogens is 368 g/mol. The number of aliphatic carboxylic acids is 2. The van der Waals surface area contributed by atoms with Crippen molar-refractivity contribution < 1.29 is 19.8 Å². The van der Waals surface area contributed by atoms with Crippen molar-refractivity contribution in [3.05, 3.63) is 47.0 Å². The molecule has 1 saturated heterocycles. The van der Waals surface area contributed by atoms with Gasteiger partial charge in [0, 0.05) is 44.3 Å². The zero-order chi connectivity index (χ0) is 19.6. The van der Waals surface area contributed by atoms with Gasteiger partial charge in [-0.15, -0.1) is 0 Å². The lowest BCUT2D eigenvalue weighted by atomic mass is 9.94. The predicted octanol–water partition coefficient (Wildman–Crippen LogP) is 2.97. The number of allylic oxidation sites excluding steroid dienone is 2. The Kier molecular flexibility index (Phi) is 8.78. The van der Waals surface area contributed by atoms with Crippen LogP contribution in [0, 0.1) is 5.92 Å². The number of rotatable bonds is 4. The first-order valence-corrected chi connectivity index (χ1v) is 9.63. The smallest absolute Gasteiger partial charge is 0.414 e. The normalized spacial score (nSPS) is 20.6. The monoisotopic (exact) mass is 394 g/mol. The van der Waals surface area contributed by atoms with Crippen LogP contribution in [0.15, 0.2) is 36.4 Å². The van der Waals surface area contributed by atoms with Gasteiger partial charge in [0.2, 0.25) is 0 Å². The summed E-state index contributed by atoms with van der Waals surface area (Å²) in [5, 5.41) is 15.7. The summed E-state index contributed by atoms with van der Waals surface area (Å²) >= 11 is 6.26. The lowest BCUT2D eigenvalue weighted by Crippen LogP contribution is -2.47. The van der Waals surface area contributed by atoms with Crippen molar-refractivity contribution in [2.45, 2.75) is 25.8 Å². The fraction of sp³-hybridized carbons (Fsp3) is 0.500. The van der Waals surface area contributed by atoms with E-state index in [1.54, 1.807) is 0 Å². The minimum Gasteiger partial charge on any atom is -0.473 e. The van der Waals surface area contributed by atoms with Gasteiger partial charge in [-0.3, -0.25) is 4.90 Å². The molecule has 1 fully saturated rings. The van der Waals surface area contributed by atoms with E-state index in [0.717, 1.165) is 30.6 Å². The maximum Gasteiger partial charge on any atom is 0.414 e. The van der Waals surface area contributed by atoms with Gasteiger partial charge in [-0.2, -0.15) is 0 Å². The Morgan fingerprint density at radius 2 is 1.63 bits per heavy atom. The maximum absolute atomic E-state index is 9.10. The summed E-state index contributed by atoms with van der Waals surface area (Å²) in [6, 6.07) is 8.21. The molecule has 0 aromatic heterocycles. The Labute approximate surface area is 165 Å². The summed E-state index contributed by atoms with van der Waals surface area (Å²) < 4.78 is 0. The van der Waals surface area contributed by atoms with Gasteiger partial charge in [-0.05, 0) is 36.8 Å². The first-order chi connectivity index (χ1) is 13.0. The number of carboxylic acid groups (broad SMARTS) is 2. The van der Waals surface area contributed by atoms with Crippen LogP contribution in [-0.4, -0.2) is 64.7 Å². The second-order valence-electron chi connectivity index (χ2n) is 6.93. The first-order valence-electron chi connectivity index (χ1n) is 9.25. The maximum atomic E-state index is 9.10. The number of carbonyl (C=O) groups is 2. The molecule has 148 valence electrons. The minimum absolute atomic E-state index is 0.880. The fourth-order valence-corrected chi connectivity index (χ4v) is 3.58. The quantitative estimate of drug-likeness (QED) is 0.603. The molecule has 1 aliphatic carbocycles. The fourth-order valence-electron chi connectivity index (χ4n) is 3.38. The third kappa shape index (κ3) is 7.71. The molecule has 1 aliphatic heterocycles. The summed E-state index contributed by atoms with van der Waals surface area (Å²) in [5.74, 6) is -2.77. The number of benzene rings is 1. The molecule has 1 heterocycles. The number of halogens is 1. The largest absolute Gasteiger partial charge is 0.473 e. The Bertz CT molecular complexity index is 645. The molecule has 2 N–H and O–H groups in total. The molecule has 0 spiro atoms. The lowest BCUT2D eigenvalue weighted by molar-refractivity contribution is -0.159. The van der Waals surface area contributed by atoms with E-state index >= 15 is 0 Å². The van der Waals surface area contributed by atoms with Crippen LogP contribution in [0.25, 0.3) is 0 Å². The summed E-state index contributed by atoms with van der Waals surface area (Å²) in [4.78, 5) is 23.4. The van der Waals surface area contributed by atoms with Crippen LogP contribution in [-0.2, 0) is 16.1 Å². The van der Waals surface area contributed by atoms with Gasteiger partial charge < -0.3 is 15.1 Å². The summed E-state index contributed by atoms with van der Waals surface area (Å²) in [7, 11) is 0. The molecule has 0 saturated carbocycles. The van der Waals surface area contributed by atoms with Gasteiger partial charge in [-0.25, -0.2) is 9.59 Å². The average molecular weight is 395 g/mol. The van der Waals surface area contributed by atoms with E-state index in [4.69, 9.17) is 31.4 Å². The molecule has 1 aromatic rings. The molecule has 1 aromatic carbocycles. The van der Waals surface area contributed by atoms with E-state index in [-0.39, 0.29) is 0 Å². The number of piperazine rings is 1. The van der Waals surface area contributed by atoms with Crippen molar-refractivity contribution in [3.8, 4) is 0 Å². The zero-order valence-corrected chi connectivity index (χ0v) is 16.1. The van der Waals surface area contributed by atoms with E-state index in [1.165, 1.54) is 44.5 Å². The highest BCUT2D eigenvalue weighted by atomic mass is 35.5. The summed E-state index contributed by atoms with van der Waals surface area (Å²) in [5.41, 5.74) is 1.25. The Hall–Kier alpha value is -1.89. The molecule has 3 rings (SSSR count). The molecule has 1 unspecified atom stereocenters. The van der Waals surface area contributed by atoms with E-state index < -0.39 is 11.9 Å². The van der Waals surface area contributed by atoms with Gasteiger partial charge >= 0.3 is 11.9 Å². The van der Waals surface area contributed by atoms with Gasteiger partial charge in [0.05, 0.1) is 0 Å². The number of carboxylic acids is 2. The van der Waals surface area contributed by atoms with Crippen molar-refractivity contribution in [3.63, 3.8) is 0 Å². The van der Waals surface area contributed by atoms with Gasteiger partial charge in [0.15, 0.2) is 0 Å². The van der Waals surface area contributed by atoms with E-state index in [1.807, 2.05) is 12.1 Å². The van der Waals surface area contributed by atoms with Crippen molar-refractivity contribution in [2.24, 2.45) is 5.92 Å². The SMILES string of the molecule is Clc1ccccc1CN1CCN(CC2CC=CCC2)CC1.O=C(O)C(=O)O. The third-order valence-corrected chi connectivity index (χ3v) is 5.26. The Morgan fingerprint density at radius 1 is 1.00 bits per heavy atom. The van der Waals surface area contributed by atoms with Gasteiger partial charge in [0.1, 0.15) is 0 Å². The van der Waals surface area contributed by atoms with Crippen LogP contribution < -0.4 is 0 Å². The van der Waals surface area contributed by atoms with Crippen molar-refractivity contribution in [1.82, 2.24) is 9.80 Å². The predicted molar refractivity (Wildman–Crippen MR) is 105 cm³/mol. The highest BCUT2D eigenvalue weighted by Crippen LogP contribution is 2.21. The van der Waals surface area contributed by atoms with Crippen molar-refractivity contribution in [2.75, 3.05) is 32.7 Å². The Balaban J connectivity index is 0.000000380. The highest BCUT2D eigenvalue weighted by molar-refractivity contribution is 6.31. The van der Waals surface area contributed by atoms with E-state index in [9.17, 15) is 0 Å². The summed E-state index contributed by atoms with van der Waals surface area (Å²) in [6.45, 7) is 6.99. The molecule has 0 amide bonds. The average Bonchev–Trinajstić information content (AvgIpc) is 2.66. The van der Waals surface area contributed by atoms with Crippen LogP contribution in [0.1, 0.15) is 24.8 Å². The second-order valence-corrected chi connectivity index (χ2v) is 7.34. The van der Waals surface area contributed by atoms with Gasteiger partial charge in [0.25, 0.3) is 0 Å². The number of hydrogen-bond acceptors (Lipinski definition) is 4. The molecule has 27 heavy (non-hydrogen) atoms. The molecule has 0 radical (unpaired) electrons. The van der Waals surface area contributed by atoms with Crippen LogP contribution >= 0.6 is 11.6 Å². The van der Waals surface area contributed by atoms with Crippen LogP contribution in [0.5, 0.6) is 0 Å². The zero-order valence-electron chi connectivity index (χ0n) is 15.4. The highest BCUT2D eigenvalue weighted by Gasteiger charge is 2.20. The van der Waals surface area contributed by atoms with Crippen LogP contribution in [0.3, 0.4) is 0 Å². The molecule has 2 aliphatic rings. The lowest BCUT2D eigenvalue weighted by Gasteiger charge is -2.36. The number of hydrogen-bond donors (Lipinski definition) is 2. The molecular formula is C20H27ClN2O4. The second kappa shape index (κ2) is 11.1. The standard InChI is InChI=1S/C18H25ClN2.C2H2O4/c19-18-9-5-4-8-17(18)15-21-12-10-20(11-13-21)14-16-6-2-1-3-7-16;3-1(4)2(5)6/h1-2,4-5,8-9,16H,3,6-7,10-15H2;(H,3,4)(H,5,6). The molecule has 1 atom stereocenters. The van der Waals surface area contributed by atoms with Crippen LogP contribution in [0.2, 0.25) is 5.02 Å².